The Hall–Kier alpha value is -1.81. The third-order valence-electron chi connectivity index (χ3n) is 3.78. The molecule has 0 saturated carbocycles. The van der Waals surface area contributed by atoms with Crippen LogP contribution in [-0.4, -0.2) is 9.55 Å². The fourth-order valence-electron chi connectivity index (χ4n) is 2.43. The number of nitrogens with zero attached hydrogens (tertiary/aromatic N) is 2. The number of imidazole rings is 1. The molecule has 1 unspecified atom stereocenters. The van der Waals surface area contributed by atoms with Gasteiger partial charge in [0.05, 0.1) is 6.33 Å². The van der Waals surface area contributed by atoms with Gasteiger partial charge in [0.1, 0.15) is 0 Å². The Morgan fingerprint density at radius 2 is 1.91 bits per heavy atom. The molecule has 0 saturated heterocycles. The molecule has 23 heavy (non-hydrogen) atoms. The third-order valence-corrected chi connectivity index (χ3v) is 4.34. The van der Waals surface area contributed by atoms with Crippen molar-refractivity contribution >= 4 is 23.2 Å². The van der Waals surface area contributed by atoms with Crippen LogP contribution in [0.25, 0.3) is 5.69 Å². The van der Waals surface area contributed by atoms with E-state index in [9.17, 15) is 0 Å². The Bertz CT molecular complexity index is 767. The number of hydrogen-bond acceptors (Lipinski definition) is 2. The lowest BCUT2D eigenvalue weighted by atomic mass is 10.1. The first-order chi connectivity index (χ1) is 11.1. The summed E-state index contributed by atoms with van der Waals surface area (Å²) in [5.41, 5.74) is 3.36. The second-order valence-electron chi connectivity index (χ2n) is 5.40. The highest BCUT2D eigenvalue weighted by atomic mass is 35.5. The van der Waals surface area contributed by atoms with Gasteiger partial charge in [-0.25, -0.2) is 4.98 Å². The highest BCUT2D eigenvalue weighted by Crippen LogP contribution is 2.26. The summed E-state index contributed by atoms with van der Waals surface area (Å²) in [4.78, 5) is 4.06. The van der Waals surface area contributed by atoms with Gasteiger partial charge >= 0.3 is 0 Å². The molecule has 0 spiro atoms. The van der Waals surface area contributed by atoms with E-state index in [-0.39, 0.29) is 6.04 Å². The summed E-state index contributed by atoms with van der Waals surface area (Å²) in [5, 5.41) is 4.82. The van der Waals surface area contributed by atoms with Gasteiger partial charge < -0.3 is 9.88 Å². The standard InChI is InChI=1S/C18H17Cl2N3/c1-13(17-7-4-15(19)10-18(17)20)22-11-14-2-5-16(6-3-14)23-9-8-21-12-23/h2-10,12-13,22H,11H2,1H3. The van der Waals surface area contributed by atoms with Crippen molar-refractivity contribution in [1.82, 2.24) is 14.9 Å². The second kappa shape index (κ2) is 7.18. The summed E-state index contributed by atoms with van der Waals surface area (Å²) in [6.45, 7) is 2.86. The fourth-order valence-corrected chi connectivity index (χ4v) is 3.00. The molecule has 0 aliphatic carbocycles. The van der Waals surface area contributed by atoms with Crippen molar-refractivity contribution in [1.29, 1.82) is 0 Å². The van der Waals surface area contributed by atoms with E-state index >= 15 is 0 Å². The highest BCUT2D eigenvalue weighted by Gasteiger charge is 2.09. The maximum atomic E-state index is 6.25. The fraction of sp³-hybridized carbons (Fsp3) is 0.167. The van der Waals surface area contributed by atoms with Crippen molar-refractivity contribution in [2.45, 2.75) is 19.5 Å². The number of halogens is 2. The smallest absolute Gasteiger partial charge is 0.0991 e. The predicted molar refractivity (Wildman–Crippen MR) is 95.3 cm³/mol. The lowest BCUT2D eigenvalue weighted by molar-refractivity contribution is 0.575. The van der Waals surface area contributed by atoms with E-state index in [2.05, 4.69) is 41.5 Å². The lowest BCUT2D eigenvalue weighted by Gasteiger charge is -2.16. The first-order valence-corrected chi connectivity index (χ1v) is 8.14. The van der Waals surface area contributed by atoms with Gasteiger partial charge in [-0.05, 0) is 42.3 Å². The van der Waals surface area contributed by atoms with Crippen LogP contribution < -0.4 is 5.32 Å². The minimum absolute atomic E-state index is 0.146. The molecule has 1 atom stereocenters. The number of aromatic nitrogens is 2. The van der Waals surface area contributed by atoms with Crippen LogP contribution in [0.1, 0.15) is 24.1 Å². The van der Waals surface area contributed by atoms with Crippen molar-refractivity contribution in [3.8, 4) is 5.69 Å². The van der Waals surface area contributed by atoms with E-state index in [4.69, 9.17) is 23.2 Å². The van der Waals surface area contributed by atoms with Crippen LogP contribution in [-0.2, 0) is 6.54 Å². The molecule has 3 nitrogen and oxygen atoms in total. The van der Waals surface area contributed by atoms with Crippen LogP contribution in [0, 0.1) is 0 Å². The van der Waals surface area contributed by atoms with Crippen LogP contribution in [0.5, 0.6) is 0 Å². The van der Waals surface area contributed by atoms with E-state index in [1.807, 2.05) is 22.9 Å². The minimum atomic E-state index is 0.146. The molecule has 0 aliphatic heterocycles. The molecule has 0 amide bonds. The van der Waals surface area contributed by atoms with Crippen LogP contribution in [0.4, 0.5) is 0 Å². The Morgan fingerprint density at radius 1 is 1.13 bits per heavy atom. The van der Waals surface area contributed by atoms with Crippen molar-refractivity contribution in [3.05, 3.63) is 82.4 Å². The van der Waals surface area contributed by atoms with Gasteiger partial charge in [-0.15, -0.1) is 0 Å². The van der Waals surface area contributed by atoms with Crippen LogP contribution in [0.3, 0.4) is 0 Å². The molecular weight excluding hydrogens is 329 g/mol. The average Bonchev–Trinajstić information content (AvgIpc) is 3.07. The second-order valence-corrected chi connectivity index (χ2v) is 6.25. The van der Waals surface area contributed by atoms with E-state index in [0.717, 1.165) is 17.8 Å². The van der Waals surface area contributed by atoms with Gasteiger partial charge in [0, 0.05) is 40.7 Å². The van der Waals surface area contributed by atoms with E-state index in [1.54, 1.807) is 18.6 Å². The SMILES string of the molecule is CC(NCc1ccc(-n2ccnc2)cc1)c1ccc(Cl)cc1Cl. The molecule has 2 aromatic carbocycles. The summed E-state index contributed by atoms with van der Waals surface area (Å²) >= 11 is 12.2. The Morgan fingerprint density at radius 3 is 2.57 bits per heavy atom. The molecule has 0 fully saturated rings. The van der Waals surface area contributed by atoms with Gasteiger partial charge in [-0.1, -0.05) is 41.4 Å². The zero-order valence-electron chi connectivity index (χ0n) is 12.7. The summed E-state index contributed by atoms with van der Waals surface area (Å²) in [5.74, 6) is 0. The number of hydrogen-bond donors (Lipinski definition) is 1. The van der Waals surface area contributed by atoms with Gasteiger partial charge in [0.25, 0.3) is 0 Å². The zero-order chi connectivity index (χ0) is 16.2. The lowest BCUT2D eigenvalue weighted by Crippen LogP contribution is -2.18. The average molecular weight is 346 g/mol. The van der Waals surface area contributed by atoms with Gasteiger partial charge in [-0.2, -0.15) is 0 Å². The summed E-state index contributed by atoms with van der Waals surface area (Å²) < 4.78 is 1.98. The molecule has 1 heterocycles. The summed E-state index contributed by atoms with van der Waals surface area (Å²) in [6, 6.07) is 14.1. The van der Waals surface area contributed by atoms with Crippen molar-refractivity contribution in [3.63, 3.8) is 0 Å². The molecule has 5 heteroatoms. The molecule has 3 aromatic rings. The van der Waals surface area contributed by atoms with Crippen molar-refractivity contribution in [2.75, 3.05) is 0 Å². The first kappa shape index (κ1) is 16.1. The minimum Gasteiger partial charge on any atom is -0.306 e. The zero-order valence-corrected chi connectivity index (χ0v) is 14.2. The Kier molecular flexibility index (Phi) is 5.01. The molecule has 0 aliphatic rings. The Labute approximate surface area is 145 Å². The first-order valence-electron chi connectivity index (χ1n) is 7.39. The number of benzene rings is 2. The van der Waals surface area contributed by atoms with Crippen molar-refractivity contribution in [2.24, 2.45) is 0 Å². The largest absolute Gasteiger partial charge is 0.306 e. The summed E-state index contributed by atoms with van der Waals surface area (Å²) in [7, 11) is 0. The Balaban J connectivity index is 1.63. The molecule has 3 rings (SSSR count). The normalized spacial score (nSPS) is 12.3. The number of rotatable bonds is 5. The topological polar surface area (TPSA) is 29.9 Å². The van der Waals surface area contributed by atoms with E-state index < -0.39 is 0 Å². The van der Waals surface area contributed by atoms with Crippen LogP contribution in [0.15, 0.2) is 61.2 Å². The molecule has 118 valence electrons. The molecule has 0 bridgehead atoms. The van der Waals surface area contributed by atoms with Crippen LogP contribution >= 0.6 is 23.2 Å². The molecular formula is C18H17Cl2N3. The summed E-state index contributed by atoms with van der Waals surface area (Å²) in [6.07, 6.45) is 5.49. The third kappa shape index (κ3) is 3.94. The highest BCUT2D eigenvalue weighted by molar-refractivity contribution is 6.35. The maximum absolute atomic E-state index is 6.25. The van der Waals surface area contributed by atoms with Crippen LogP contribution in [0.2, 0.25) is 10.0 Å². The van der Waals surface area contributed by atoms with Crippen molar-refractivity contribution < 1.29 is 0 Å². The number of nitrogens with one attached hydrogen (secondary N) is 1. The monoisotopic (exact) mass is 345 g/mol. The van der Waals surface area contributed by atoms with E-state index in [0.29, 0.717) is 10.0 Å². The molecule has 1 N–H and O–H groups in total. The van der Waals surface area contributed by atoms with Gasteiger partial charge in [0.15, 0.2) is 0 Å². The van der Waals surface area contributed by atoms with E-state index in [1.165, 1.54) is 5.56 Å². The molecule has 1 aromatic heterocycles. The molecule has 0 radical (unpaired) electrons. The van der Waals surface area contributed by atoms with Gasteiger partial charge in [-0.3, -0.25) is 0 Å². The van der Waals surface area contributed by atoms with Gasteiger partial charge in [0.2, 0.25) is 0 Å². The maximum Gasteiger partial charge on any atom is 0.0991 e. The predicted octanol–water partition coefficient (Wildman–Crippen LogP) is 5.03. The quantitative estimate of drug-likeness (QED) is 0.702.